The summed E-state index contributed by atoms with van der Waals surface area (Å²) in [5.74, 6) is 1.07. The number of methoxy groups -OCH3 is 1. The lowest BCUT2D eigenvalue weighted by Crippen LogP contribution is -2.50. The largest absolute Gasteiger partial charge is 0.490 e. The monoisotopic (exact) mass is 370 g/mol. The Kier molecular flexibility index (Phi) is 7.81. The summed E-state index contributed by atoms with van der Waals surface area (Å²) in [6.45, 7) is 6.94. The Morgan fingerprint density at radius 1 is 1.44 bits per heavy atom. The number of nitrogens with zero attached hydrogens (tertiary/aromatic N) is 1. The zero-order valence-electron chi connectivity index (χ0n) is 15.1. The molecule has 1 heterocycles. The molecule has 1 aromatic carbocycles. The highest BCUT2D eigenvalue weighted by Crippen LogP contribution is 2.28. The van der Waals surface area contributed by atoms with Crippen molar-refractivity contribution in [3.8, 4) is 5.75 Å². The Balaban J connectivity index is 1.97. The smallest absolute Gasteiger partial charge is 0.322 e. The number of carbonyl (C=O) groups is 1. The minimum absolute atomic E-state index is 0.0980. The van der Waals surface area contributed by atoms with Crippen LogP contribution in [0.4, 0.5) is 10.5 Å². The van der Waals surface area contributed by atoms with Crippen molar-refractivity contribution < 1.29 is 19.0 Å². The van der Waals surface area contributed by atoms with Gasteiger partial charge in [0.05, 0.1) is 30.9 Å². The number of morpholine rings is 1. The van der Waals surface area contributed by atoms with E-state index in [9.17, 15) is 4.79 Å². The number of carbonyl (C=O) groups excluding carboxylic acids is 1. The van der Waals surface area contributed by atoms with Crippen molar-refractivity contribution in [1.82, 2.24) is 4.90 Å². The maximum Gasteiger partial charge on any atom is 0.322 e. The molecule has 2 amide bonds. The number of urea groups is 1. The van der Waals surface area contributed by atoms with Gasteiger partial charge >= 0.3 is 6.03 Å². The first kappa shape index (κ1) is 19.8. The third-order valence-corrected chi connectivity index (χ3v) is 4.26. The fraction of sp³-hybridized carbons (Fsp3) is 0.611. The van der Waals surface area contributed by atoms with Gasteiger partial charge < -0.3 is 24.4 Å². The van der Waals surface area contributed by atoms with Gasteiger partial charge in [0.15, 0.2) is 0 Å². The first-order valence-corrected chi connectivity index (χ1v) is 8.95. The number of hydrogen-bond donors (Lipinski definition) is 1. The average Bonchev–Trinajstić information content (AvgIpc) is 2.57. The lowest BCUT2D eigenvalue weighted by molar-refractivity contribution is 0.00857. The maximum atomic E-state index is 12.6. The summed E-state index contributed by atoms with van der Waals surface area (Å²) in [5, 5.41) is 3.37. The van der Waals surface area contributed by atoms with Crippen molar-refractivity contribution in [1.29, 1.82) is 0 Å². The van der Waals surface area contributed by atoms with Crippen molar-refractivity contribution in [2.75, 3.05) is 45.4 Å². The number of benzene rings is 1. The second-order valence-corrected chi connectivity index (χ2v) is 6.88. The van der Waals surface area contributed by atoms with Crippen LogP contribution in [0.2, 0.25) is 5.02 Å². The van der Waals surface area contributed by atoms with Gasteiger partial charge in [-0.25, -0.2) is 4.79 Å². The lowest BCUT2D eigenvalue weighted by Gasteiger charge is -2.36. The Morgan fingerprint density at radius 2 is 2.24 bits per heavy atom. The fourth-order valence-electron chi connectivity index (χ4n) is 2.79. The quantitative estimate of drug-likeness (QED) is 0.744. The molecule has 1 fully saturated rings. The number of anilines is 1. The predicted octanol–water partition coefficient (Wildman–Crippen LogP) is 3.64. The minimum Gasteiger partial charge on any atom is -0.490 e. The summed E-state index contributed by atoms with van der Waals surface area (Å²) in [5.41, 5.74) is 0.642. The Labute approximate surface area is 154 Å². The molecule has 1 unspecified atom stereocenters. The predicted molar refractivity (Wildman–Crippen MR) is 98.6 cm³/mol. The number of nitrogens with one attached hydrogen (secondary N) is 1. The molecule has 1 N–H and O–H groups in total. The van der Waals surface area contributed by atoms with Gasteiger partial charge in [0.25, 0.3) is 0 Å². The summed E-state index contributed by atoms with van der Waals surface area (Å²) in [7, 11) is 1.61. The van der Waals surface area contributed by atoms with E-state index in [0.717, 1.165) is 6.42 Å². The second-order valence-electron chi connectivity index (χ2n) is 6.47. The van der Waals surface area contributed by atoms with Crippen LogP contribution in [0.5, 0.6) is 5.75 Å². The highest BCUT2D eigenvalue weighted by atomic mass is 35.5. The summed E-state index contributed by atoms with van der Waals surface area (Å²) in [4.78, 5) is 14.5. The maximum absolute atomic E-state index is 12.6. The first-order valence-electron chi connectivity index (χ1n) is 8.58. The third-order valence-electron chi connectivity index (χ3n) is 3.96. The van der Waals surface area contributed by atoms with Gasteiger partial charge in [-0.15, -0.1) is 0 Å². The van der Waals surface area contributed by atoms with Crippen molar-refractivity contribution >= 4 is 23.3 Å². The molecule has 0 spiro atoms. The van der Waals surface area contributed by atoms with Crippen molar-refractivity contribution in [2.45, 2.75) is 26.3 Å². The van der Waals surface area contributed by atoms with Crippen LogP contribution in [-0.2, 0) is 9.47 Å². The van der Waals surface area contributed by atoms with E-state index in [1.165, 1.54) is 0 Å². The summed E-state index contributed by atoms with van der Waals surface area (Å²) >= 11 is 6.22. The van der Waals surface area contributed by atoms with Gasteiger partial charge in [-0.05, 0) is 30.5 Å². The number of amides is 2. The number of ether oxygens (including phenoxy) is 3. The first-order chi connectivity index (χ1) is 12.0. The molecule has 1 aliphatic heterocycles. The van der Waals surface area contributed by atoms with Crippen molar-refractivity contribution in [3.05, 3.63) is 23.2 Å². The Bertz CT molecular complexity index is 568. The van der Waals surface area contributed by atoms with Gasteiger partial charge in [-0.3, -0.25) is 0 Å². The molecule has 1 aliphatic rings. The van der Waals surface area contributed by atoms with Gasteiger partial charge in [-0.1, -0.05) is 25.4 Å². The molecule has 1 atom stereocenters. The second kappa shape index (κ2) is 9.85. The third kappa shape index (κ3) is 6.06. The standard InChI is InChI=1S/C18H27ClN2O4/c1-13(2)10-15-12-24-7-6-21(15)18(22)20-14-4-5-17(16(19)11-14)25-9-8-23-3/h4-5,11,13,15H,6-10,12H2,1-3H3,(H,20,22). The molecule has 0 saturated carbocycles. The van der Waals surface area contributed by atoms with E-state index >= 15 is 0 Å². The highest BCUT2D eigenvalue weighted by Gasteiger charge is 2.28. The molecule has 1 saturated heterocycles. The van der Waals surface area contributed by atoms with E-state index in [0.29, 0.717) is 55.3 Å². The Hall–Kier alpha value is -1.50. The molecule has 2 rings (SSSR count). The molecule has 0 bridgehead atoms. The summed E-state index contributed by atoms with van der Waals surface area (Å²) in [6, 6.07) is 5.20. The van der Waals surface area contributed by atoms with E-state index in [4.69, 9.17) is 25.8 Å². The van der Waals surface area contributed by atoms with Crippen LogP contribution in [0, 0.1) is 5.92 Å². The van der Waals surface area contributed by atoms with Crippen LogP contribution in [0.1, 0.15) is 20.3 Å². The van der Waals surface area contributed by atoms with Crippen LogP contribution in [0.3, 0.4) is 0 Å². The molecule has 1 aromatic rings. The van der Waals surface area contributed by atoms with Gasteiger partial charge in [0, 0.05) is 19.3 Å². The molecule has 6 nitrogen and oxygen atoms in total. The van der Waals surface area contributed by atoms with Crippen LogP contribution >= 0.6 is 11.6 Å². The van der Waals surface area contributed by atoms with Crippen LogP contribution in [0.25, 0.3) is 0 Å². The van der Waals surface area contributed by atoms with E-state index in [-0.39, 0.29) is 12.1 Å². The lowest BCUT2D eigenvalue weighted by atomic mass is 10.0. The molecule has 140 valence electrons. The summed E-state index contributed by atoms with van der Waals surface area (Å²) in [6.07, 6.45) is 0.917. The summed E-state index contributed by atoms with van der Waals surface area (Å²) < 4.78 is 16.0. The van der Waals surface area contributed by atoms with Crippen molar-refractivity contribution in [2.24, 2.45) is 5.92 Å². The fourth-order valence-corrected chi connectivity index (χ4v) is 3.02. The normalized spacial score (nSPS) is 17.6. The van der Waals surface area contributed by atoms with E-state index in [1.807, 2.05) is 4.90 Å². The Morgan fingerprint density at radius 3 is 2.92 bits per heavy atom. The van der Waals surface area contributed by atoms with Gasteiger partial charge in [0.2, 0.25) is 0 Å². The zero-order chi connectivity index (χ0) is 18.2. The van der Waals surface area contributed by atoms with Gasteiger partial charge in [0.1, 0.15) is 12.4 Å². The SMILES string of the molecule is COCCOc1ccc(NC(=O)N2CCOCC2CC(C)C)cc1Cl. The van der Waals surface area contributed by atoms with E-state index in [1.54, 1.807) is 25.3 Å². The molecular weight excluding hydrogens is 344 g/mol. The highest BCUT2D eigenvalue weighted by molar-refractivity contribution is 6.32. The van der Waals surface area contributed by atoms with E-state index in [2.05, 4.69) is 19.2 Å². The number of halogens is 1. The van der Waals surface area contributed by atoms with E-state index < -0.39 is 0 Å². The molecule has 0 aromatic heterocycles. The minimum atomic E-state index is -0.127. The van der Waals surface area contributed by atoms with Crippen LogP contribution in [-0.4, -0.2) is 57.1 Å². The molecule has 0 radical (unpaired) electrons. The zero-order valence-corrected chi connectivity index (χ0v) is 15.8. The number of hydrogen-bond acceptors (Lipinski definition) is 4. The van der Waals surface area contributed by atoms with Crippen LogP contribution < -0.4 is 10.1 Å². The topological polar surface area (TPSA) is 60.0 Å². The molecule has 7 heteroatoms. The average molecular weight is 371 g/mol. The van der Waals surface area contributed by atoms with Crippen LogP contribution in [0.15, 0.2) is 18.2 Å². The molecule has 0 aliphatic carbocycles. The van der Waals surface area contributed by atoms with Crippen molar-refractivity contribution in [3.63, 3.8) is 0 Å². The number of rotatable bonds is 7. The molecule has 25 heavy (non-hydrogen) atoms. The molecular formula is C18H27ClN2O4. The van der Waals surface area contributed by atoms with Gasteiger partial charge in [-0.2, -0.15) is 0 Å².